The Morgan fingerprint density at radius 2 is 2.12 bits per heavy atom. The van der Waals surface area contributed by atoms with Gasteiger partial charge in [-0.15, -0.1) is 0 Å². The number of hydrogen-bond acceptors (Lipinski definition) is 5. The van der Waals surface area contributed by atoms with Crippen LogP contribution >= 0.6 is 0 Å². The highest BCUT2D eigenvalue weighted by molar-refractivity contribution is 5.92. The van der Waals surface area contributed by atoms with Crippen LogP contribution in [0.1, 0.15) is 49.0 Å². The molecule has 1 atom stereocenters. The van der Waals surface area contributed by atoms with Crippen LogP contribution < -0.4 is 0 Å². The number of rotatable bonds is 3. The smallest absolute Gasteiger partial charge is 0.274 e. The van der Waals surface area contributed by atoms with Crippen LogP contribution in [-0.4, -0.2) is 70.5 Å². The molecule has 1 spiro atoms. The third-order valence-electron chi connectivity index (χ3n) is 6.09. The van der Waals surface area contributed by atoms with Gasteiger partial charge in [0.2, 0.25) is 5.91 Å². The van der Waals surface area contributed by atoms with Crippen molar-refractivity contribution in [1.82, 2.24) is 19.8 Å². The Balaban J connectivity index is 1.36. The fourth-order valence-electron chi connectivity index (χ4n) is 4.47. The van der Waals surface area contributed by atoms with Crippen molar-refractivity contribution >= 4 is 11.8 Å². The van der Waals surface area contributed by atoms with Crippen molar-refractivity contribution in [2.75, 3.05) is 32.8 Å². The Kier molecular flexibility index (Phi) is 4.89. The highest BCUT2D eigenvalue weighted by Gasteiger charge is 2.42. The van der Waals surface area contributed by atoms with Gasteiger partial charge in [-0.05, 0) is 37.5 Å². The van der Waals surface area contributed by atoms with Crippen LogP contribution in [0.25, 0.3) is 0 Å². The zero-order valence-electron chi connectivity index (χ0n) is 15.1. The molecule has 4 rings (SSSR count). The quantitative estimate of drug-likeness (QED) is 0.818. The summed E-state index contributed by atoms with van der Waals surface area (Å²) in [6.45, 7) is 3.79. The third kappa shape index (κ3) is 3.58. The van der Waals surface area contributed by atoms with Crippen molar-refractivity contribution in [3.8, 4) is 0 Å². The predicted molar refractivity (Wildman–Crippen MR) is 94.4 cm³/mol. The van der Waals surface area contributed by atoms with Gasteiger partial charge in [0.1, 0.15) is 5.69 Å². The summed E-state index contributed by atoms with van der Waals surface area (Å²) in [5.41, 5.74) is 0.549. The molecule has 7 nitrogen and oxygen atoms in total. The Morgan fingerprint density at radius 3 is 2.81 bits per heavy atom. The number of piperidine rings is 2. The van der Waals surface area contributed by atoms with E-state index in [2.05, 4.69) is 9.97 Å². The van der Waals surface area contributed by atoms with Crippen molar-refractivity contribution in [3.05, 3.63) is 24.3 Å². The summed E-state index contributed by atoms with van der Waals surface area (Å²) in [5, 5.41) is 0. The fraction of sp³-hybridized carbons (Fsp3) is 0.684. The van der Waals surface area contributed by atoms with Crippen molar-refractivity contribution in [2.24, 2.45) is 5.41 Å². The molecule has 0 radical (unpaired) electrons. The molecule has 0 aliphatic carbocycles. The van der Waals surface area contributed by atoms with E-state index in [1.54, 1.807) is 12.4 Å². The second-order valence-electron chi connectivity index (χ2n) is 7.79. The standard InChI is InChI=1S/C19H26N4O3/c24-17-3-4-19(14-23(17)13-15-2-1-11-26-15)5-9-22(10-6-19)18(25)16-12-20-7-8-21-16/h7-8,12,15H,1-6,9-11,13-14H2/t15-/m1/s1. The Hall–Kier alpha value is -2.02. The van der Waals surface area contributed by atoms with Crippen LogP contribution in [0.2, 0.25) is 0 Å². The van der Waals surface area contributed by atoms with E-state index in [1.807, 2.05) is 9.80 Å². The lowest BCUT2D eigenvalue weighted by atomic mass is 9.72. The molecule has 140 valence electrons. The number of hydrogen-bond donors (Lipinski definition) is 0. The number of ether oxygens (including phenoxy) is 1. The largest absolute Gasteiger partial charge is 0.376 e. The zero-order valence-corrected chi connectivity index (χ0v) is 15.1. The number of likely N-dealkylation sites (tertiary alicyclic amines) is 2. The van der Waals surface area contributed by atoms with Crippen LogP contribution in [0.15, 0.2) is 18.6 Å². The average molecular weight is 358 g/mol. The molecule has 0 unspecified atom stereocenters. The summed E-state index contributed by atoms with van der Waals surface area (Å²) in [7, 11) is 0. The van der Waals surface area contributed by atoms with E-state index >= 15 is 0 Å². The third-order valence-corrected chi connectivity index (χ3v) is 6.09. The van der Waals surface area contributed by atoms with E-state index in [-0.39, 0.29) is 23.3 Å². The van der Waals surface area contributed by atoms with Crippen LogP contribution in [0.3, 0.4) is 0 Å². The second kappa shape index (κ2) is 7.31. The molecule has 7 heteroatoms. The minimum absolute atomic E-state index is 0.0453. The Morgan fingerprint density at radius 1 is 1.27 bits per heavy atom. The minimum Gasteiger partial charge on any atom is -0.376 e. The zero-order chi connectivity index (χ0) is 18.0. The van der Waals surface area contributed by atoms with E-state index in [1.165, 1.54) is 6.20 Å². The number of carbonyl (C=O) groups is 2. The molecule has 4 heterocycles. The predicted octanol–water partition coefficient (Wildman–Crippen LogP) is 1.50. The van der Waals surface area contributed by atoms with Crippen LogP contribution in [0, 0.1) is 5.41 Å². The molecule has 1 aromatic heterocycles. The molecular formula is C19H26N4O3. The summed E-state index contributed by atoms with van der Waals surface area (Å²) in [6.07, 6.45) is 10.4. The van der Waals surface area contributed by atoms with Crippen molar-refractivity contribution < 1.29 is 14.3 Å². The molecule has 3 fully saturated rings. The van der Waals surface area contributed by atoms with Gasteiger partial charge >= 0.3 is 0 Å². The van der Waals surface area contributed by atoms with Gasteiger partial charge in [0.05, 0.1) is 12.3 Å². The molecule has 0 N–H and O–H groups in total. The van der Waals surface area contributed by atoms with E-state index in [0.29, 0.717) is 12.1 Å². The first kappa shape index (κ1) is 17.4. The van der Waals surface area contributed by atoms with Gasteiger partial charge < -0.3 is 14.5 Å². The summed E-state index contributed by atoms with van der Waals surface area (Å²) in [5.74, 6) is 0.209. The van der Waals surface area contributed by atoms with Crippen LogP contribution in [-0.2, 0) is 9.53 Å². The van der Waals surface area contributed by atoms with Crippen molar-refractivity contribution in [1.29, 1.82) is 0 Å². The van der Waals surface area contributed by atoms with Gasteiger partial charge in [0.15, 0.2) is 0 Å². The molecule has 2 amide bonds. The Labute approximate surface area is 153 Å². The Bertz CT molecular complexity index is 652. The van der Waals surface area contributed by atoms with Crippen LogP contribution in [0.5, 0.6) is 0 Å². The molecule has 0 aromatic carbocycles. The maximum Gasteiger partial charge on any atom is 0.274 e. The van der Waals surface area contributed by atoms with Gasteiger partial charge in [0.25, 0.3) is 5.91 Å². The number of nitrogens with zero attached hydrogens (tertiary/aromatic N) is 4. The number of amides is 2. The topological polar surface area (TPSA) is 75.6 Å². The molecular weight excluding hydrogens is 332 g/mol. The van der Waals surface area contributed by atoms with Gasteiger partial charge in [0, 0.05) is 51.6 Å². The summed E-state index contributed by atoms with van der Waals surface area (Å²) >= 11 is 0. The van der Waals surface area contributed by atoms with Gasteiger partial charge in [-0.2, -0.15) is 0 Å². The van der Waals surface area contributed by atoms with E-state index in [4.69, 9.17) is 4.74 Å². The average Bonchev–Trinajstić information content (AvgIpc) is 3.19. The molecule has 3 aliphatic rings. The first-order valence-corrected chi connectivity index (χ1v) is 9.60. The maximum atomic E-state index is 12.6. The number of aromatic nitrogens is 2. The fourth-order valence-corrected chi connectivity index (χ4v) is 4.47. The lowest BCUT2D eigenvalue weighted by Gasteiger charge is -2.47. The molecule has 0 saturated carbocycles. The molecule has 0 bridgehead atoms. The van der Waals surface area contributed by atoms with Crippen LogP contribution in [0.4, 0.5) is 0 Å². The van der Waals surface area contributed by atoms with E-state index < -0.39 is 0 Å². The van der Waals surface area contributed by atoms with Gasteiger partial charge in [-0.25, -0.2) is 4.98 Å². The van der Waals surface area contributed by atoms with Gasteiger partial charge in [-0.3, -0.25) is 14.6 Å². The lowest BCUT2D eigenvalue weighted by molar-refractivity contribution is -0.141. The van der Waals surface area contributed by atoms with E-state index in [9.17, 15) is 9.59 Å². The first-order chi connectivity index (χ1) is 12.7. The maximum absolute atomic E-state index is 12.6. The minimum atomic E-state index is -0.0453. The highest BCUT2D eigenvalue weighted by Crippen LogP contribution is 2.40. The SMILES string of the molecule is O=C1CCC2(CCN(C(=O)c3cnccn3)CC2)CN1C[C@H]1CCCO1. The van der Waals surface area contributed by atoms with Crippen molar-refractivity contribution in [3.63, 3.8) is 0 Å². The second-order valence-corrected chi connectivity index (χ2v) is 7.79. The summed E-state index contributed by atoms with van der Waals surface area (Å²) in [6, 6.07) is 0. The van der Waals surface area contributed by atoms with Gasteiger partial charge in [-0.1, -0.05) is 0 Å². The highest BCUT2D eigenvalue weighted by atomic mass is 16.5. The molecule has 3 aliphatic heterocycles. The number of carbonyl (C=O) groups excluding carboxylic acids is 2. The van der Waals surface area contributed by atoms with Crippen molar-refractivity contribution in [2.45, 2.75) is 44.6 Å². The summed E-state index contributed by atoms with van der Waals surface area (Å²) in [4.78, 5) is 36.9. The van der Waals surface area contributed by atoms with E-state index in [0.717, 1.165) is 64.9 Å². The molecule has 26 heavy (non-hydrogen) atoms. The normalized spacial score (nSPS) is 25.7. The monoisotopic (exact) mass is 358 g/mol. The summed E-state index contributed by atoms with van der Waals surface area (Å²) < 4.78 is 5.72. The lowest BCUT2D eigenvalue weighted by Crippen LogP contribution is -2.53. The first-order valence-electron chi connectivity index (χ1n) is 9.60. The molecule has 1 aromatic rings. The molecule has 3 saturated heterocycles.